The van der Waals surface area contributed by atoms with E-state index < -0.39 is 0 Å². The molecule has 3 rings (SSSR count). The molecule has 2 aliphatic heterocycles. The Morgan fingerprint density at radius 1 is 1.21 bits per heavy atom. The van der Waals surface area contributed by atoms with E-state index in [9.17, 15) is 0 Å². The van der Waals surface area contributed by atoms with Gasteiger partial charge < -0.3 is 19.7 Å². The first kappa shape index (κ1) is 13.8. The molecule has 0 aromatic carbocycles. The lowest BCUT2D eigenvalue weighted by Crippen LogP contribution is -2.63. The van der Waals surface area contributed by atoms with E-state index >= 15 is 0 Å². The number of methoxy groups -OCH3 is 1. The molecule has 0 radical (unpaired) electrons. The molecule has 2 saturated heterocycles. The van der Waals surface area contributed by atoms with Crippen LogP contribution in [0.25, 0.3) is 0 Å². The molecular weight excluding hydrogens is 240 g/mol. The van der Waals surface area contributed by atoms with Crippen LogP contribution >= 0.6 is 0 Å². The molecule has 4 heteroatoms. The smallest absolute Gasteiger partial charge is 0.0986 e. The fourth-order valence-corrected chi connectivity index (χ4v) is 4.12. The third kappa shape index (κ3) is 2.82. The van der Waals surface area contributed by atoms with Gasteiger partial charge in [-0.15, -0.1) is 0 Å². The van der Waals surface area contributed by atoms with Gasteiger partial charge in [0.2, 0.25) is 0 Å². The van der Waals surface area contributed by atoms with Crippen LogP contribution in [0.3, 0.4) is 0 Å². The average Bonchev–Trinajstić information content (AvgIpc) is 2.85. The molecular formula is C15H28N2O2. The summed E-state index contributed by atoms with van der Waals surface area (Å²) in [4.78, 5) is 2.68. The molecule has 5 atom stereocenters. The van der Waals surface area contributed by atoms with Crippen LogP contribution in [0.4, 0.5) is 0 Å². The zero-order chi connectivity index (χ0) is 13.2. The molecule has 19 heavy (non-hydrogen) atoms. The Kier molecular flexibility index (Phi) is 4.42. The third-order valence-electron chi connectivity index (χ3n) is 5.17. The topological polar surface area (TPSA) is 33.7 Å². The van der Waals surface area contributed by atoms with Crippen molar-refractivity contribution >= 4 is 0 Å². The van der Waals surface area contributed by atoms with Gasteiger partial charge in [0.25, 0.3) is 0 Å². The summed E-state index contributed by atoms with van der Waals surface area (Å²) in [5, 5.41) is 3.83. The lowest BCUT2D eigenvalue weighted by Gasteiger charge is -2.46. The monoisotopic (exact) mass is 268 g/mol. The van der Waals surface area contributed by atoms with Crippen molar-refractivity contribution < 1.29 is 9.47 Å². The van der Waals surface area contributed by atoms with E-state index in [1.807, 2.05) is 7.11 Å². The zero-order valence-corrected chi connectivity index (χ0v) is 12.3. The van der Waals surface area contributed by atoms with Gasteiger partial charge in [-0.2, -0.15) is 0 Å². The van der Waals surface area contributed by atoms with Crippen molar-refractivity contribution in [1.82, 2.24) is 10.2 Å². The highest BCUT2D eigenvalue weighted by Gasteiger charge is 2.43. The second-order valence-electron chi connectivity index (χ2n) is 6.26. The maximum absolute atomic E-state index is 5.70. The van der Waals surface area contributed by atoms with Crippen molar-refractivity contribution in [1.29, 1.82) is 0 Å². The Balaban J connectivity index is 1.47. The van der Waals surface area contributed by atoms with Crippen molar-refractivity contribution in [3.63, 3.8) is 0 Å². The normalized spacial score (nSPS) is 42.9. The summed E-state index contributed by atoms with van der Waals surface area (Å²) >= 11 is 0. The minimum absolute atomic E-state index is 0.251. The number of nitrogens with zero attached hydrogens (tertiary/aromatic N) is 1. The molecule has 0 bridgehead atoms. The molecule has 0 amide bonds. The predicted octanol–water partition coefficient (Wildman–Crippen LogP) is 1.40. The summed E-state index contributed by atoms with van der Waals surface area (Å²) < 4.78 is 11.3. The molecule has 1 saturated carbocycles. The molecule has 5 unspecified atom stereocenters. The van der Waals surface area contributed by atoms with E-state index in [0.29, 0.717) is 18.2 Å². The largest absolute Gasteiger partial charge is 0.377 e. The summed E-state index contributed by atoms with van der Waals surface area (Å²) in [6, 6.07) is 2.03. The predicted molar refractivity (Wildman–Crippen MR) is 75.4 cm³/mol. The van der Waals surface area contributed by atoms with E-state index in [2.05, 4.69) is 17.1 Å². The molecule has 0 aromatic heterocycles. The van der Waals surface area contributed by atoms with Crippen molar-refractivity contribution in [2.24, 2.45) is 0 Å². The lowest BCUT2D eigenvalue weighted by atomic mass is 9.83. The van der Waals surface area contributed by atoms with Crippen LogP contribution in [-0.4, -0.2) is 62.0 Å². The standard InChI is InChI=1S/C15H28N2O2/c1-3-19-14-10-13(15(14)18-2)16-11-6-8-17-7-4-5-12(17)9-11/h11-16H,3-10H2,1-2H3. The molecule has 0 aromatic rings. The van der Waals surface area contributed by atoms with Crippen molar-refractivity contribution in [2.75, 3.05) is 26.8 Å². The van der Waals surface area contributed by atoms with Crippen LogP contribution in [0.2, 0.25) is 0 Å². The van der Waals surface area contributed by atoms with Crippen molar-refractivity contribution in [3.8, 4) is 0 Å². The Morgan fingerprint density at radius 3 is 2.89 bits per heavy atom. The first-order chi connectivity index (χ1) is 9.31. The molecule has 4 nitrogen and oxygen atoms in total. The summed E-state index contributed by atoms with van der Waals surface area (Å²) in [5.41, 5.74) is 0. The second kappa shape index (κ2) is 6.08. The van der Waals surface area contributed by atoms with Crippen LogP contribution in [0.1, 0.15) is 39.0 Å². The Labute approximate surface area is 116 Å². The van der Waals surface area contributed by atoms with Crippen LogP contribution in [0.15, 0.2) is 0 Å². The maximum Gasteiger partial charge on any atom is 0.0986 e. The number of nitrogens with one attached hydrogen (secondary N) is 1. The minimum Gasteiger partial charge on any atom is -0.377 e. The first-order valence-electron chi connectivity index (χ1n) is 7.96. The Bertz CT molecular complexity index is 300. The summed E-state index contributed by atoms with van der Waals surface area (Å²) in [6.45, 7) is 5.45. The van der Waals surface area contributed by atoms with Gasteiger partial charge >= 0.3 is 0 Å². The minimum atomic E-state index is 0.251. The van der Waals surface area contributed by atoms with E-state index in [-0.39, 0.29) is 6.10 Å². The first-order valence-corrected chi connectivity index (χ1v) is 7.96. The van der Waals surface area contributed by atoms with Crippen molar-refractivity contribution in [3.05, 3.63) is 0 Å². The van der Waals surface area contributed by atoms with Gasteiger partial charge in [0, 0.05) is 31.8 Å². The SMILES string of the molecule is CCOC1CC(NC2CCN3CCCC3C2)C1OC. The highest BCUT2D eigenvalue weighted by molar-refractivity contribution is 5.00. The van der Waals surface area contributed by atoms with Gasteiger partial charge in [-0.05, 0) is 52.1 Å². The third-order valence-corrected chi connectivity index (χ3v) is 5.17. The van der Waals surface area contributed by atoms with Gasteiger partial charge in [0.15, 0.2) is 0 Å². The quantitative estimate of drug-likeness (QED) is 0.817. The highest BCUT2D eigenvalue weighted by atomic mass is 16.5. The van der Waals surface area contributed by atoms with Gasteiger partial charge in [-0.3, -0.25) is 0 Å². The van der Waals surface area contributed by atoms with Crippen LogP contribution in [0, 0.1) is 0 Å². The Hall–Kier alpha value is -0.160. The van der Waals surface area contributed by atoms with Gasteiger partial charge in [-0.25, -0.2) is 0 Å². The number of piperidine rings is 1. The van der Waals surface area contributed by atoms with Crippen molar-refractivity contribution in [2.45, 2.75) is 69.4 Å². The van der Waals surface area contributed by atoms with E-state index in [4.69, 9.17) is 9.47 Å². The number of rotatable bonds is 5. The lowest BCUT2D eigenvalue weighted by molar-refractivity contribution is -0.134. The maximum atomic E-state index is 5.70. The molecule has 3 fully saturated rings. The number of hydrogen-bond donors (Lipinski definition) is 1. The van der Waals surface area contributed by atoms with Crippen LogP contribution in [-0.2, 0) is 9.47 Å². The molecule has 1 aliphatic carbocycles. The van der Waals surface area contributed by atoms with Crippen LogP contribution < -0.4 is 5.32 Å². The fourth-order valence-electron chi connectivity index (χ4n) is 4.12. The van der Waals surface area contributed by atoms with Gasteiger partial charge in [0.05, 0.1) is 12.2 Å². The molecule has 3 aliphatic rings. The van der Waals surface area contributed by atoms with E-state index in [1.165, 1.54) is 38.8 Å². The van der Waals surface area contributed by atoms with E-state index in [1.54, 1.807) is 0 Å². The molecule has 1 N–H and O–H groups in total. The van der Waals surface area contributed by atoms with Gasteiger partial charge in [-0.1, -0.05) is 0 Å². The summed E-state index contributed by atoms with van der Waals surface area (Å²) in [5.74, 6) is 0. The summed E-state index contributed by atoms with van der Waals surface area (Å²) in [7, 11) is 1.81. The van der Waals surface area contributed by atoms with E-state index in [0.717, 1.165) is 19.1 Å². The number of ether oxygens (including phenoxy) is 2. The fraction of sp³-hybridized carbons (Fsp3) is 1.00. The molecule has 0 spiro atoms. The zero-order valence-electron chi connectivity index (χ0n) is 12.3. The average molecular weight is 268 g/mol. The van der Waals surface area contributed by atoms with Crippen LogP contribution in [0.5, 0.6) is 0 Å². The second-order valence-corrected chi connectivity index (χ2v) is 6.26. The molecule has 2 heterocycles. The number of fused-ring (bicyclic) bond motifs is 1. The highest BCUT2D eigenvalue weighted by Crippen LogP contribution is 2.31. The Morgan fingerprint density at radius 2 is 2.11 bits per heavy atom. The van der Waals surface area contributed by atoms with Gasteiger partial charge in [0.1, 0.15) is 0 Å². The summed E-state index contributed by atoms with van der Waals surface area (Å²) in [6.07, 6.45) is 7.08. The molecule has 110 valence electrons. The number of hydrogen-bond acceptors (Lipinski definition) is 4.